The van der Waals surface area contributed by atoms with Gasteiger partial charge in [0.2, 0.25) is 0 Å². The number of pyridine rings is 1. The van der Waals surface area contributed by atoms with Crippen molar-refractivity contribution in [2.24, 2.45) is 5.92 Å². The highest BCUT2D eigenvalue weighted by molar-refractivity contribution is 6.29. The van der Waals surface area contributed by atoms with Gasteiger partial charge in [0, 0.05) is 24.7 Å². The highest BCUT2D eigenvalue weighted by atomic mass is 35.5. The molecule has 2 fully saturated rings. The summed E-state index contributed by atoms with van der Waals surface area (Å²) in [7, 11) is 0. The van der Waals surface area contributed by atoms with Crippen molar-refractivity contribution >= 4 is 17.7 Å². The number of amides is 1. The molecule has 1 saturated heterocycles. The van der Waals surface area contributed by atoms with Crippen LogP contribution in [0.3, 0.4) is 0 Å². The van der Waals surface area contributed by atoms with E-state index in [1.807, 2.05) is 53.6 Å². The quantitative estimate of drug-likeness (QED) is 0.783. The van der Waals surface area contributed by atoms with Crippen molar-refractivity contribution in [1.29, 1.82) is 0 Å². The SMILES string of the molecule is O=C(OCc1ccccc1)N1CC2CC(c3ccc(Cl)nc3)C1C2. The number of carbonyl (C=O) groups is 1. The van der Waals surface area contributed by atoms with E-state index in [0.717, 1.165) is 30.5 Å². The van der Waals surface area contributed by atoms with Gasteiger partial charge in [0.05, 0.1) is 0 Å². The minimum Gasteiger partial charge on any atom is -0.445 e. The molecular weight excluding hydrogens is 324 g/mol. The van der Waals surface area contributed by atoms with Gasteiger partial charge < -0.3 is 9.64 Å². The average molecular weight is 343 g/mol. The van der Waals surface area contributed by atoms with E-state index in [0.29, 0.717) is 23.6 Å². The zero-order chi connectivity index (χ0) is 16.5. The molecule has 1 aromatic heterocycles. The van der Waals surface area contributed by atoms with E-state index in [4.69, 9.17) is 16.3 Å². The van der Waals surface area contributed by atoms with Crippen LogP contribution in [0, 0.1) is 5.92 Å². The Balaban J connectivity index is 1.43. The standard InChI is InChI=1S/C19H19ClN2O2/c20-18-7-6-15(10-21-18)16-8-14-9-17(16)22(11-14)19(23)24-12-13-4-2-1-3-5-13/h1-7,10,14,16-17H,8-9,11-12H2. The monoisotopic (exact) mass is 342 g/mol. The van der Waals surface area contributed by atoms with Crippen LogP contribution in [0.5, 0.6) is 0 Å². The topological polar surface area (TPSA) is 42.4 Å². The van der Waals surface area contributed by atoms with Gasteiger partial charge in [-0.1, -0.05) is 48.0 Å². The van der Waals surface area contributed by atoms with Crippen LogP contribution in [0.15, 0.2) is 48.7 Å². The summed E-state index contributed by atoms with van der Waals surface area (Å²) < 4.78 is 5.52. The smallest absolute Gasteiger partial charge is 0.410 e. The van der Waals surface area contributed by atoms with Crippen molar-refractivity contribution < 1.29 is 9.53 Å². The van der Waals surface area contributed by atoms with Gasteiger partial charge in [-0.25, -0.2) is 9.78 Å². The average Bonchev–Trinajstić information content (AvgIpc) is 3.22. The molecule has 4 rings (SSSR count). The summed E-state index contributed by atoms with van der Waals surface area (Å²) in [5.41, 5.74) is 2.17. The molecule has 3 unspecified atom stereocenters. The zero-order valence-corrected chi connectivity index (χ0v) is 14.0. The van der Waals surface area contributed by atoms with Gasteiger partial charge in [-0.15, -0.1) is 0 Å². The predicted molar refractivity (Wildman–Crippen MR) is 91.8 cm³/mol. The van der Waals surface area contributed by atoms with Gasteiger partial charge in [-0.3, -0.25) is 0 Å². The lowest BCUT2D eigenvalue weighted by atomic mass is 9.92. The molecule has 2 aromatic rings. The molecule has 1 aliphatic carbocycles. The normalized spacial score (nSPS) is 25.0. The van der Waals surface area contributed by atoms with E-state index in [-0.39, 0.29) is 12.1 Å². The Kier molecular flexibility index (Phi) is 4.15. The first-order valence-corrected chi connectivity index (χ1v) is 8.67. The van der Waals surface area contributed by atoms with E-state index in [1.165, 1.54) is 0 Å². The maximum Gasteiger partial charge on any atom is 0.410 e. The molecule has 2 heterocycles. The predicted octanol–water partition coefficient (Wildman–Crippen LogP) is 4.25. The van der Waals surface area contributed by atoms with Crippen molar-refractivity contribution in [2.45, 2.75) is 31.4 Å². The molecule has 0 spiro atoms. The number of rotatable bonds is 3. The van der Waals surface area contributed by atoms with E-state index in [9.17, 15) is 4.79 Å². The molecular formula is C19H19ClN2O2. The number of fused-ring (bicyclic) bond motifs is 2. The highest BCUT2D eigenvalue weighted by Gasteiger charge is 2.48. The van der Waals surface area contributed by atoms with E-state index < -0.39 is 0 Å². The van der Waals surface area contributed by atoms with E-state index >= 15 is 0 Å². The number of halogens is 1. The lowest BCUT2D eigenvalue weighted by Gasteiger charge is -2.32. The van der Waals surface area contributed by atoms with Gasteiger partial charge in [0.15, 0.2) is 0 Å². The van der Waals surface area contributed by atoms with Crippen LogP contribution in [0.25, 0.3) is 0 Å². The number of ether oxygens (including phenoxy) is 1. The van der Waals surface area contributed by atoms with Crippen LogP contribution in [0.2, 0.25) is 5.15 Å². The number of hydrogen-bond donors (Lipinski definition) is 0. The van der Waals surface area contributed by atoms with Gasteiger partial charge >= 0.3 is 6.09 Å². The summed E-state index contributed by atoms with van der Waals surface area (Å²) in [6.07, 6.45) is 3.78. The molecule has 4 nitrogen and oxygen atoms in total. The van der Waals surface area contributed by atoms with Gasteiger partial charge in [0.25, 0.3) is 0 Å². The van der Waals surface area contributed by atoms with Crippen molar-refractivity contribution in [2.75, 3.05) is 6.54 Å². The third-order valence-electron chi connectivity index (χ3n) is 5.10. The van der Waals surface area contributed by atoms with E-state index in [1.54, 1.807) is 0 Å². The fourth-order valence-electron chi connectivity index (χ4n) is 4.00. The second-order valence-corrected chi connectivity index (χ2v) is 7.01. The van der Waals surface area contributed by atoms with Crippen LogP contribution in [-0.4, -0.2) is 28.6 Å². The Morgan fingerprint density at radius 3 is 2.75 bits per heavy atom. The summed E-state index contributed by atoms with van der Waals surface area (Å²) >= 11 is 5.88. The number of likely N-dealkylation sites (tertiary alicyclic amines) is 1. The van der Waals surface area contributed by atoms with Gasteiger partial charge in [0.1, 0.15) is 11.8 Å². The molecule has 124 valence electrons. The largest absolute Gasteiger partial charge is 0.445 e. The third kappa shape index (κ3) is 2.98. The fraction of sp³-hybridized carbons (Fsp3) is 0.368. The fourth-order valence-corrected chi connectivity index (χ4v) is 4.11. The summed E-state index contributed by atoms with van der Waals surface area (Å²) in [5.74, 6) is 0.887. The Morgan fingerprint density at radius 1 is 1.21 bits per heavy atom. The Labute approximate surface area is 146 Å². The Morgan fingerprint density at radius 2 is 2.04 bits per heavy atom. The first kappa shape index (κ1) is 15.5. The molecule has 1 amide bonds. The summed E-state index contributed by atoms with van der Waals surface area (Å²) in [6.45, 7) is 1.12. The van der Waals surface area contributed by atoms with E-state index in [2.05, 4.69) is 4.98 Å². The molecule has 1 saturated carbocycles. The zero-order valence-electron chi connectivity index (χ0n) is 13.3. The van der Waals surface area contributed by atoms with Crippen molar-refractivity contribution in [3.8, 4) is 0 Å². The minimum atomic E-state index is -0.210. The summed E-state index contributed by atoms with van der Waals surface area (Å²) in [4.78, 5) is 18.6. The molecule has 0 radical (unpaired) electrons. The molecule has 0 N–H and O–H groups in total. The third-order valence-corrected chi connectivity index (χ3v) is 5.32. The van der Waals surface area contributed by atoms with Crippen LogP contribution in [0.1, 0.15) is 29.9 Å². The Bertz CT molecular complexity index is 720. The lowest BCUT2D eigenvalue weighted by Crippen LogP contribution is -2.41. The Hall–Kier alpha value is -2.07. The first-order chi connectivity index (χ1) is 11.7. The number of piperidine rings is 1. The second-order valence-electron chi connectivity index (χ2n) is 6.62. The van der Waals surface area contributed by atoms with Crippen molar-refractivity contribution in [3.63, 3.8) is 0 Å². The van der Waals surface area contributed by atoms with Gasteiger partial charge in [-0.2, -0.15) is 0 Å². The molecule has 3 atom stereocenters. The van der Waals surface area contributed by atoms with Crippen LogP contribution >= 0.6 is 11.6 Å². The van der Waals surface area contributed by atoms with Crippen molar-refractivity contribution in [3.05, 3.63) is 64.9 Å². The maximum atomic E-state index is 12.5. The molecule has 2 aliphatic rings. The molecule has 24 heavy (non-hydrogen) atoms. The van der Waals surface area contributed by atoms with Crippen LogP contribution in [0.4, 0.5) is 4.79 Å². The lowest BCUT2D eigenvalue weighted by molar-refractivity contribution is 0.0811. The maximum absolute atomic E-state index is 12.5. The number of nitrogens with zero attached hydrogens (tertiary/aromatic N) is 2. The van der Waals surface area contributed by atoms with Gasteiger partial charge in [-0.05, 0) is 36.0 Å². The number of aromatic nitrogens is 1. The molecule has 2 bridgehead atoms. The summed E-state index contributed by atoms with van der Waals surface area (Å²) in [6, 6.07) is 13.8. The number of carbonyl (C=O) groups excluding carboxylic acids is 1. The number of hydrogen-bond acceptors (Lipinski definition) is 3. The first-order valence-electron chi connectivity index (χ1n) is 8.29. The van der Waals surface area contributed by atoms with Crippen LogP contribution < -0.4 is 0 Å². The number of benzene rings is 1. The molecule has 1 aliphatic heterocycles. The second kappa shape index (κ2) is 6.44. The molecule has 5 heteroatoms. The van der Waals surface area contributed by atoms with Crippen LogP contribution in [-0.2, 0) is 11.3 Å². The summed E-state index contributed by atoms with van der Waals surface area (Å²) in [5, 5.41) is 0.501. The minimum absolute atomic E-state index is 0.209. The van der Waals surface area contributed by atoms with Crippen molar-refractivity contribution in [1.82, 2.24) is 9.88 Å². The highest BCUT2D eigenvalue weighted by Crippen LogP contribution is 2.47. The molecule has 1 aromatic carbocycles.